The first kappa shape index (κ1) is 15.1. The summed E-state index contributed by atoms with van der Waals surface area (Å²) in [5.41, 5.74) is 2.53. The number of carboxylic acid groups (broad SMARTS) is 1. The Hall–Kier alpha value is -2.82. The molecule has 2 aromatic carbocycles. The van der Waals surface area contributed by atoms with Gasteiger partial charge in [0.1, 0.15) is 6.61 Å². The van der Waals surface area contributed by atoms with Crippen molar-refractivity contribution in [3.63, 3.8) is 0 Å². The summed E-state index contributed by atoms with van der Waals surface area (Å²) in [6.07, 6.45) is -0.450. The fourth-order valence-electron chi connectivity index (χ4n) is 2.85. The van der Waals surface area contributed by atoms with E-state index in [1.54, 1.807) is 0 Å². The van der Waals surface area contributed by atoms with Crippen LogP contribution < -0.4 is 4.90 Å². The SMILES string of the molecule is O=C(O)CC1CN(C(=O)OCc2ccccc2)c2ccccc21. The summed E-state index contributed by atoms with van der Waals surface area (Å²) >= 11 is 0. The topological polar surface area (TPSA) is 66.8 Å². The Morgan fingerprint density at radius 2 is 1.78 bits per heavy atom. The molecule has 0 spiro atoms. The standard InChI is InChI=1S/C18H17NO4/c20-17(21)10-14-11-19(16-9-5-4-8-15(14)16)18(22)23-12-13-6-2-1-3-7-13/h1-9,14H,10-12H2,(H,20,21). The Bertz CT molecular complexity index is 714. The summed E-state index contributed by atoms with van der Waals surface area (Å²) < 4.78 is 5.36. The quantitative estimate of drug-likeness (QED) is 0.939. The zero-order chi connectivity index (χ0) is 16.2. The summed E-state index contributed by atoms with van der Waals surface area (Å²) in [5.74, 6) is -1.07. The minimum atomic E-state index is -0.871. The number of anilines is 1. The number of nitrogens with zero attached hydrogens (tertiary/aromatic N) is 1. The van der Waals surface area contributed by atoms with Crippen LogP contribution >= 0.6 is 0 Å². The van der Waals surface area contributed by atoms with Crippen LogP contribution in [-0.4, -0.2) is 23.7 Å². The molecule has 1 aliphatic heterocycles. The van der Waals surface area contributed by atoms with Crippen molar-refractivity contribution in [1.29, 1.82) is 0 Å². The maximum absolute atomic E-state index is 12.4. The number of amides is 1. The molecule has 0 fully saturated rings. The summed E-state index contributed by atoms with van der Waals surface area (Å²) in [7, 11) is 0. The van der Waals surface area contributed by atoms with E-state index in [0.717, 1.165) is 16.8 Å². The van der Waals surface area contributed by atoms with Crippen LogP contribution in [0, 0.1) is 0 Å². The van der Waals surface area contributed by atoms with Crippen molar-refractivity contribution in [2.75, 3.05) is 11.4 Å². The van der Waals surface area contributed by atoms with Crippen molar-refractivity contribution in [3.05, 3.63) is 65.7 Å². The average molecular weight is 311 g/mol. The van der Waals surface area contributed by atoms with Crippen LogP contribution in [-0.2, 0) is 16.1 Å². The van der Waals surface area contributed by atoms with Crippen LogP contribution in [0.2, 0.25) is 0 Å². The van der Waals surface area contributed by atoms with Gasteiger partial charge in [-0.25, -0.2) is 4.79 Å². The molecule has 0 aliphatic carbocycles. The van der Waals surface area contributed by atoms with Crippen molar-refractivity contribution in [1.82, 2.24) is 0 Å². The lowest BCUT2D eigenvalue weighted by molar-refractivity contribution is -0.137. The summed E-state index contributed by atoms with van der Waals surface area (Å²) in [5, 5.41) is 9.04. The highest BCUT2D eigenvalue weighted by atomic mass is 16.6. The predicted octanol–water partition coefficient (Wildman–Crippen LogP) is 3.40. The fraction of sp³-hybridized carbons (Fsp3) is 0.222. The van der Waals surface area contributed by atoms with E-state index in [1.807, 2.05) is 54.6 Å². The number of carbonyl (C=O) groups is 2. The molecule has 23 heavy (non-hydrogen) atoms. The molecule has 5 heteroatoms. The third kappa shape index (κ3) is 3.34. The molecule has 0 radical (unpaired) electrons. The number of fused-ring (bicyclic) bond motifs is 1. The monoisotopic (exact) mass is 311 g/mol. The average Bonchev–Trinajstić information content (AvgIpc) is 2.92. The molecule has 1 unspecified atom stereocenters. The Balaban J connectivity index is 1.72. The highest BCUT2D eigenvalue weighted by Crippen LogP contribution is 2.38. The smallest absolute Gasteiger partial charge is 0.414 e. The van der Waals surface area contributed by atoms with Gasteiger partial charge in [0.15, 0.2) is 0 Å². The van der Waals surface area contributed by atoms with Gasteiger partial charge in [-0.2, -0.15) is 0 Å². The largest absolute Gasteiger partial charge is 0.481 e. The normalized spacial score (nSPS) is 16.0. The molecule has 118 valence electrons. The molecule has 1 heterocycles. The molecule has 1 N–H and O–H groups in total. The van der Waals surface area contributed by atoms with Crippen molar-refractivity contribution >= 4 is 17.7 Å². The van der Waals surface area contributed by atoms with Gasteiger partial charge < -0.3 is 9.84 Å². The number of hydrogen-bond acceptors (Lipinski definition) is 3. The lowest BCUT2D eigenvalue weighted by atomic mass is 9.98. The van der Waals surface area contributed by atoms with E-state index in [1.165, 1.54) is 4.90 Å². The summed E-state index contributed by atoms with van der Waals surface area (Å²) in [6, 6.07) is 16.8. The molecule has 2 aromatic rings. The summed E-state index contributed by atoms with van der Waals surface area (Å²) in [4.78, 5) is 24.9. The van der Waals surface area contributed by atoms with Gasteiger partial charge in [-0.3, -0.25) is 9.69 Å². The number of aliphatic carboxylic acids is 1. The molecule has 1 atom stereocenters. The molecular weight excluding hydrogens is 294 g/mol. The van der Waals surface area contributed by atoms with E-state index >= 15 is 0 Å². The zero-order valence-electron chi connectivity index (χ0n) is 12.5. The number of carboxylic acids is 1. The second kappa shape index (κ2) is 6.52. The number of benzene rings is 2. The van der Waals surface area contributed by atoms with E-state index in [9.17, 15) is 9.59 Å². The van der Waals surface area contributed by atoms with Gasteiger partial charge in [-0.05, 0) is 17.2 Å². The Kier molecular flexibility index (Phi) is 4.28. The number of carbonyl (C=O) groups excluding carboxylic acids is 1. The number of hydrogen-bond donors (Lipinski definition) is 1. The van der Waals surface area contributed by atoms with Crippen LogP contribution in [0.15, 0.2) is 54.6 Å². The van der Waals surface area contributed by atoms with E-state index in [2.05, 4.69) is 0 Å². The van der Waals surface area contributed by atoms with Crippen LogP contribution in [0.4, 0.5) is 10.5 Å². The fourth-order valence-corrected chi connectivity index (χ4v) is 2.85. The van der Waals surface area contributed by atoms with Gasteiger partial charge >= 0.3 is 12.1 Å². The molecule has 0 saturated heterocycles. The predicted molar refractivity (Wildman–Crippen MR) is 85.4 cm³/mol. The molecule has 1 aliphatic rings. The summed E-state index contributed by atoms with van der Waals surface area (Å²) in [6.45, 7) is 0.529. The van der Waals surface area contributed by atoms with Crippen molar-refractivity contribution < 1.29 is 19.4 Å². The highest BCUT2D eigenvalue weighted by Gasteiger charge is 2.34. The maximum atomic E-state index is 12.4. The molecule has 0 saturated carbocycles. The molecule has 0 bridgehead atoms. The first-order chi connectivity index (χ1) is 11.1. The first-order valence-corrected chi connectivity index (χ1v) is 7.44. The van der Waals surface area contributed by atoms with E-state index in [4.69, 9.17) is 9.84 Å². The minimum Gasteiger partial charge on any atom is -0.481 e. The molecule has 3 rings (SSSR count). The number of rotatable bonds is 4. The third-order valence-electron chi connectivity index (χ3n) is 3.92. The highest BCUT2D eigenvalue weighted by molar-refractivity contribution is 5.91. The Labute approximate surface area is 134 Å². The first-order valence-electron chi connectivity index (χ1n) is 7.44. The van der Waals surface area contributed by atoms with Gasteiger partial charge in [0, 0.05) is 12.5 Å². The van der Waals surface area contributed by atoms with Gasteiger partial charge in [0.25, 0.3) is 0 Å². The van der Waals surface area contributed by atoms with Crippen LogP contribution in [0.1, 0.15) is 23.5 Å². The van der Waals surface area contributed by atoms with Crippen molar-refractivity contribution in [2.24, 2.45) is 0 Å². The lowest BCUT2D eigenvalue weighted by Gasteiger charge is -2.17. The zero-order valence-corrected chi connectivity index (χ0v) is 12.5. The molecule has 1 amide bonds. The number of para-hydroxylation sites is 1. The third-order valence-corrected chi connectivity index (χ3v) is 3.92. The van der Waals surface area contributed by atoms with Gasteiger partial charge in [-0.1, -0.05) is 48.5 Å². The van der Waals surface area contributed by atoms with Crippen molar-refractivity contribution in [3.8, 4) is 0 Å². The van der Waals surface area contributed by atoms with Crippen LogP contribution in [0.25, 0.3) is 0 Å². The van der Waals surface area contributed by atoms with Crippen LogP contribution in [0.5, 0.6) is 0 Å². The molecule has 5 nitrogen and oxygen atoms in total. The van der Waals surface area contributed by atoms with E-state index in [0.29, 0.717) is 6.54 Å². The van der Waals surface area contributed by atoms with Gasteiger partial charge in [0.2, 0.25) is 0 Å². The van der Waals surface area contributed by atoms with Gasteiger partial charge in [-0.15, -0.1) is 0 Å². The van der Waals surface area contributed by atoms with E-state index in [-0.39, 0.29) is 18.9 Å². The Morgan fingerprint density at radius 3 is 2.52 bits per heavy atom. The van der Waals surface area contributed by atoms with Gasteiger partial charge in [0.05, 0.1) is 12.1 Å². The maximum Gasteiger partial charge on any atom is 0.414 e. The second-order valence-electron chi connectivity index (χ2n) is 5.50. The lowest BCUT2D eigenvalue weighted by Crippen LogP contribution is -2.30. The molecular formula is C18H17NO4. The molecule has 0 aromatic heterocycles. The van der Waals surface area contributed by atoms with Crippen molar-refractivity contribution in [2.45, 2.75) is 18.9 Å². The minimum absolute atomic E-state index is 0.000517. The van der Waals surface area contributed by atoms with E-state index < -0.39 is 12.1 Å². The van der Waals surface area contributed by atoms with Crippen LogP contribution in [0.3, 0.4) is 0 Å². The second-order valence-corrected chi connectivity index (χ2v) is 5.50. The Morgan fingerprint density at radius 1 is 1.09 bits per heavy atom. The number of ether oxygens (including phenoxy) is 1.